The van der Waals surface area contributed by atoms with E-state index in [-0.39, 0.29) is 29.1 Å². The molecule has 2 aliphatic rings. The van der Waals surface area contributed by atoms with Crippen LogP contribution in [0.1, 0.15) is 25.8 Å². The van der Waals surface area contributed by atoms with Crippen molar-refractivity contribution in [2.45, 2.75) is 44.2 Å². The summed E-state index contributed by atoms with van der Waals surface area (Å²) >= 11 is 1.36. The predicted octanol–water partition coefficient (Wildman–Crippen LogP) is -0.0173. The minimum atomic E-state index is -0.752. The van der Waals surface area contributed by atoms with E-state index in [2.05, 4.69) is 15.3 Å². The highest BCUT2D eigenvalue weighted by Crippen LogP contribution is 2.31. The van der Waals surface area contributed by atoms with Gasteiger partial charge in [0.25, 0.3) is 0 Å². The summed E-state index contributed by atoms with van der Waals surface area (Å²) in [5.41, 5.74) is 12.6. The molecule has 2 amide bonds. The molecule has 3 rings (SSSR count). The van der Waals surface area contributed by atoms with Gasteiger partial charge in [0.2, 0.25) is 11.8 Å². The van der Waals surface area contributed by atoms with Crippen LogP contribution in [0.3, 0.4) is 0 Å². The van der Waals surface area contributed by atoms with Crippen LogP contribution in [0.2, 0.25) is 0 Å². The average Bonchev–Trinajstić information content (AvgIpc) is 3.14. The number of hydrogen-bond donors (Lipinski definition) is 4. The highest BCUT2D eigenvalue weighted by Gasteiger charge is 2.39. The van der Waals surface area contributed by atoms with Gasteiger partial charge in [0, 0.05) is 33.1 Å². The van der Waals surface area contributed by atoms with Gasteiger partial charge in [0.1, 0.15) is 11.5 Å². The molecule has 174 valence electrons. The summed E-state index contributed by atoms with van der Waals surface area (Å²) in [6, 6.07) is 7.40. The number of carbonyl (C=O) groups is 2. The lowest BCUT2D eigenvalue weighted by atomic mass is 10.0. The highest BCUT2D eigenvalue weighted by atomic mass is 32.2. The van der Waals surface area contributed by atoms with Gasteiger partial charge >= 0.3 is 0 Å². The molecule has 6 N–H and O–H groups in total. The Labute approximate surface area is 192 Å². The normalized spacial score (nSPS) is 21.7. The number of benzene rings is 1. The van der Waals surface area contributed by atoms with Crippen LogP contribution in [0.4, 0.5) is 5.69 Å². The Balaban J connectivity index is 1.65. The van der Waals surface area contributed by atoms with Gasteiger partial charge in [-0.25, -0.2) is 4.99 Å². The van der Waals surface area contributed by atoms with E-state index in [1.807, 2.05) is 29.2 Å². The van der Waals surface area contributed by atoms with Crippen LogP contribution in [0.25, 0.3) is 0 Å². The number of nitrogens with one attached hydrogen (secondary N) is 1. The standard InChI is InChI=1S/C21H31N7O3S/c1-13(29)24-21-26-17(8-5-15-3-6-16(7-4-15)25-20(22)23)18(32-21)19(31)28-11-9-27(10-12-28)14(2)30/h3-4,6-7,13,17-18,29H,5,8-12H2,1-2H3,(H,24,26)(H4,22,23,25). The first-order chi connectivity index (χ1) is 15.2. The number of aliphatic imine (C=N–C) groups is 2. The molecule has 11 heteroatoms. The zero-order valence-corrected chi connectivity index (χ0v) is 19.2. The Hall–Kier alpha value is -2.79. The third kappa shape index (κ3) is 6.36. The van der Waals surface area contributed by atoms with Crippen molar-refractivity contribution in [1.29, 1.82) is 0 Å². The van der Waals surface area contributed by atoms with Crippen LogP contribution in [-0.2, 0) is 16.0 Å². The van der Waals surface area contributed by atoms with Gasteiger partial charge in [0.15, 0.2) is 11.1 Å². The summed E-state index contributed by atoms with van der Waals surface area (Å²) in [7, 11) is 0. The zero-order chi connectivity index (χ0) is 23.3. The molecule has 2 aliphatic heterocycles. The summed E-state index contributed by atoms with van der Waals surface area (Å²) in [5.74, 6) is 0.0685. The van der Waals surface area contributed by atoms with Gasteiger partial charge in [0.05, 0.1) is 11.7 Å². The van der Waals surface area contributed by atoms with Crippen molar-refractivity contribution >= 4 is 40.4 Å². The van der Waals surface area contributed by atoms with Crippen LogP contribution >= 0.6 is 11.8 Å². The number of guanidine groups is 1. The zero-order valence-electron chi connectivity index (χ0n) is 18.4. The molecule has 3 atom stereocenters. The molecule has 0 radical (unpaired) electrons. The molecule has 1 saturated heterocycles. The molecule has 0 bridgehead atoms. The molecule has 2 heterocycles. The number of aliphatic hydroxyl groups excluding tert-OH is 1. The molecule has 3 unspecified atom stereocenters. The SMILES string of the molecule is CC(=O)N1CCN(C(=O)C2SC(NC(C)O)=NC2CCc2ccc(N=C(N)N)cc2)CC1. The monoisotopic (exact) mass is 461 g/mol. The second-order valence-corrected chi connectivity index (χ2v) is 9.06. The maximum Gasteiger partial charge on any atom is 0.238 e. The maximum absolute atomic E-state index is 13.3. The molecule has 1 aromatic rings. The fourth-order valence-corrected chi connectivity index (χ4v) is 5.03. The van der Waals surface area contributed by atoms with E-state index < -0.39 is 6.23 Å². The quantitative estimate of drug-likeness (QED) is 0.264. The number of nitrogens with two attached hydrogens (primary N) is 2. The largest absolute Gasteiger partial charge is 0.374 e. The molecule has 0 aromatic heterocycles. The van der Waals surface area contributed by atoms with Crippen LogP contribution in [0, 0.1) is 0 Å². The first kappa shape index (κ1) is 23.9. The Morgan fingerprint density at radius 1 is 1.22 bits per heavy atom. The predicted molar refractivity (Wildman–Crippen MR) is 126 cm³/mol. The Morgan fingerprint density at radius 3 is 2.41 bits per heavy atom. The first-order valence-electron chi connectivity index (χ1n) is 10.6. The lowest BCUT2D eigenvalue weighted by molar-refractivity contribution is -0.138. The number of nitrogens with zero attached hydrogens (tertiary/aromatic N) is 4. The second-order valence-electron chi connectivity index (χ2n) is 7.93. The summed E-state index contributed by atoms with van der Waals surface area (Å²) in [4.78, 5) is 37.1. The molecule has 1 aromatic carbocycles. The van der Waals surface area contributed by atoms with E-state index in [0.29, 0.717) is 43.5 Å². The third-order valence-corrected chi connectivity index (χ3v) is 6.62. The fourth-order valence-electron chi connectivity index (χ4n) is 3.75. The summed E-state index contributed by atoms with van der Waals surface area (Å²) < 4.78 is 0. The van der Waals surface area contributed by atoms with Gasteiger partial charge in [-0.15, -0.1) is 0 Å². The lowest BCUT2D eigenvalue weighted by Gasteiger charge is -2.36. The van der Waals surface area contributed by atoms with Crippen LogP contribution in [-0.4, -0.2) is 81.5 Å². The van der Waals surface area contributed by atoms with E-state index in [4.69, 9.17) is 11.5 Å². The average molecular weight is 462 g/mol. The first-order valence-corrected chi connectivity index (χ1v) is 11.5. The Kier molecular flexibility index (Phi) is 7.97. The van der Waals surface area contributed by atoms with Crippen molar-refractivity contribution in [3.63, 3.8) is 0 Å². The van der Waals surface area contributed by atoms with Crippen molar-refractivity contribution in [3.05, 3.63) is 29.8 Å². The number of aryl methyl sites for hydroxylation is 1. The Morgan fingerprint density at radius 2 is 1.84 bits per heavy atom. The van der Waals surface area contributed by atoms with Crippen LogP contribution < -0.4 is 16.8 Å². The van der Waals surface area contributed by atoms with Crippen molar-refractivity contribution in [2.24, 2.45) is 21.5 Å². The summed E-state index contributed by atoms with van der Waals surface area (Å²) in [6.07, 6.45) is 0.669. The van der Waals surface area contributed by atoms with Gasteiger partial charge in [-0.05, 0) is 37.5 Å². The lowest BCUT2D eigenvalue weighted by Crippen LogP contribution is -2.53. The van der Waals surface area contributed by atoms with Crippen molar-refractivity contribution in [3.8, 4) is 0 Å². The third-order valence-electron chi connectivity index (χ3n) is 5.41. The molecular weight excluding hydrogens is 430 g/mol. The Bertz CT molecular complexity index is 876. The molecule has 0 aliphatic carbocycles. The highest BCUT2D eigenvalue weighted by molar-refractivity contribution is 8.15. The topological polar surface area (TPSA) is 150 Å². The molecule has 10 nitrogen and oxygen atoms in total. The van der Waals surface area contributed by atoms with Gasteiger partial charge in [-0.3, -0.25) is 14.6 Å². The number of amidine groups is 1. The maximum atomic E-state index is 13.3. The number of piperazine rings is 1. The molecule has 0 saturated carbocycles. The van der Waals surface area contributed by atoms with E-state index in [1.165, 1.54) is 11.8 Å². The summed E-state index contributed by atoms with van der Waals surface area (Å²) in [6.45, 7) is 5.30. The van der Waals surface area contributed by atoms with Gasteiger partial charge in [-0.1, -0.05) is 23.9 Å². The van der Waals surface area contributed by atoms with E-state index in [1.54, 1.807) is 18.7 Å². The number of amides is 2. The van der Waals surface area contributed by atoms with Crippen LogP contribution in [0.15, 0.2) is 34.3 Å². The minimum Gasteiger partial charge on any atom is -0.374 e. The van der Waals surface area contributed by atoms with E-state index in [0.717, 1.165) is 12.0 Å². The van der Waals surface area contributed by atoms with Crippen LogP contribution in [0.5, 0.6) is 0 Å². The number of rotatable bonds is 6. The van der Waals surface area contributed by atoms with Crippen molar-refractivity contribution in [1.82, 2.24) is 15.1 Å². The fraction of sp³-hybridized carbons (Fsp3) is 0.524. The van der Waals surface area contributed by atoms with Gasteiger partial charge in [-0.2, -0.15) is 0 Å². The number of aliphatic hydroxyl groups is 1. The number of carbonyl (C=O) groups excluding carboxylic acids is 2. The number of hydrogen-bond acceptors (Lipinski definition) is 7. The van der Waals surface area contributed by atoms with E-state index >= 15 is 0 Å². The smallest absolute Gasteiger partial charge is 0.238 e. The molecular formula is C21H31N7O3S. The second kappa shape index (κ2) is 10.7. The van der Waals surface area contributed by atoms with Crippen molar-refractivity contribution in [2.75, 3.05) is 26.2 Å². The number of thioether (sulfide) groups is 1. The van der Waals surface area contributed by atoms with E-state index in [9.17, 15) is 14.7 Å². The molecule has 0 spiro atoms. The summed E-state index contributed by atoms with van der Waals surface area (Å²) in [5, 5.41) is 12.8. The van der Waals surface area contributed by atoms with Gasteiger partial charge < -0.3 is 31.7 Å². The molecule has 32 heavy (non-hydrogen) atoms. The molecule has 1 fully saturated rings. The minimum absolute atomic E-state index is 0.0127. The van der Waals surface area contributed by atoms with Crippen molar-refractivity contribution < 1.29 is 14.7 Å².